The molecule has 0 saturated carbocycles. The fourth-order valence-corrected chi connectivity index (χ4v) is 3.52. The number of rotatable bonds is 7. The molecule has 0 aromatic heterocycles. The summed E-state index contributed by atoms with van der Waals surface area (Å²) < 4.78 is 22.4. The van der Waals surface area contributed by atoms with Crippen molar-refractivity contribution in [1.82, 2.24) is 5.32 Å². The van der Waals surface area contributed by atoms with E-state index in [1.165, 1.54) is 7.11 Å². The number of carbonyl (C=O) groups is 2. The molecule has 0 bridgehead atoms. The van der Waals surface area contributed by atoms with Gasteiger partial charge in [-0.25, -0.2) is 9.59 Å². The van der Waals surface area contributed by atoms with Gasteiger partial charge in [-0.3, -0.25) is 0 Å². The summed E-state index contributed by atoms with van der Waals surface area (Å²) in [6, 6.07) is 14.4. The normalized spacial score (nSPS) is 16.8. The van der Waals surface area contributed by atoms with Crippen molar-refractivity contribution in [2.24, 2.45) is 0 Å². The molecule has 2 aromatic rings. The molecule has 0 spiro atoms. The summed E-state index contributed by atoms with van der Waals surface area (Å²) in [4.78, 5) is 24.2. The van der Waals surface area contributed by atoms with Gasteiger partial charge in [0.2, 0.25) is 0 Å². The maximum Gasteiger partial charge on any atom is 0.492 e. The van der Waals surface area contributed by atoms with Gasteiger partial charge in [-0.15, -0.1) is 0 Å². The Balaban J connectivity index is 1.78. The number of carbonyl (C=O) groups excluding carboxylic acids is 2. The van der Waals surface area contributed by atoms with Gasteiger partial charge < -0.3 is 24.1 Å². The van der Waals surface area contributed by atoms with Gasteiger partial charge in [0.25, 0.3) is 0 Å². The van der Waals surface area contributed by atoms with Crippen LogP contribution in [0.4, 0.5) is 4.79 Å². The molecule has 2 aromatic carbocycles. The summed E-state index contributed by atoms with van der Waals surface area (Å²) in [6.45, 7) is 8.10. The first-order chi connectivity index (χ1) is 16.0. The van der Waals surface area contributed by atoms with Gasteiger partial charge in [0.05, 0.1) is 28.9 Å². The van der Waals surface area contributed by atoms with E-state index >= 15 is 0 Å². The lowest BCUT2D eigenvalue weighted by Gasteiger charge is -2.32. The Morgan fingerprint density at radius 1 is 1.06 bits per heavy atom. The van der Waals surface area contributed by atoms with Gasteiger partial charge in [0, 0.05) is 6.54 Å². The van der Waals surface area contributed by atoms with Crippen LogP contribution in [0, 0.1) is 0 Å². The molecule has 34 heavy (non-hydrogen) atoms. The predicted molar refractivity (Wildman–Crippen MR) is 131 cm³/mol. The molecule has 7 nitrogen and oxygen atoms in total. The second-order valence-corrected chi connectivity index (χ2v) is 9.36. The molecule has 180 valence electrons. The van der Waals surface area contributed by atoms with Crippen LogP contribution in [0.1, 0.15) is 49.2 Å². The van der Waals surface area contributed by atoms with E-state index in [2.05, 4.69) is 5.32 Å². The second kappa shape index (κ2) is 10.6. The van der Waals surface area contributed by atoms with Crippen LogP contribution < -0.4 is 5.32 Å². The number of hydrogen-bond donors (Lipinski definition) is 1. The van der Waals surface area contributed by atoms with Crippen LogP contribution in [0.5, 0.6) is 0 Å². The molecule has 0 unspecified atom stereocenters. The molecule has 1 saturated heterocycles. The van der Waals surface area contributed by atoms with Crippen LogP contribution in [0.2, 0.25) is 5.02 Å². The molecular weight excluding hydrogens is 457 g/mol. The number of benzene rings is 2. The zero-order chi connectivity index (χ0) is 24.9. The minimum atomic E-state index is -0.696. The Hall–Kier alpha value is -2.81. The number of nitrogens with one attached hydrogen (secondary N) is 1. The first kappa shape index (κ1) is 25.8. The minimum absolute atomic E-state index is 0.126. The molecule has 1 amide bonds. The molecular formula is C25H29BClNO6. The van der Waals surface area contributed by atoms with Crippen LogP contribution in [-0.2, 0) is 25.4 Å². The smallest absolute Gasteiger partial charge is 0.465 e. The highest BCUT2D eigenvalue weighted by atomic mass is 35.5. The first-order valence-corrected chi connectivity index (χ1v) is 11.3. The Bertz CT molecular complexity index is 1050. The third-order valence-electron chi connectivity index (χ3n) is 5.96. The number of methoxy groups -OCH3 is 1. The summed E-state index contributed by atoms with van der Waals surface area (Å²) >= 11 is 6.28. The predicted octanol–water partition coefficient (Wildman–Crippen LogP) is 5.07. The van der Waals surface area contributed by atoms with E-state index in [1.54, 1.807) is 18.2 Å². The quantitative estimate of drug-likeness (QED) is 0.435. The minimum Gasteiger partial charge on any atom is -0.465 e. The van der Waals surface area contributed by atoms with Gasteiger partial charge in [-0.1, -0.05) is 54.1 Å². The fourth-order valence-electron chi connectivity index (χ4n) is 3.26. The largest absolute Gasteiger partial charge is 0.492 e. The standard InChI is InChI=1S/C25H29BClNO6/c1-24(2)25(3,4)34-26(33-24)19(13-18-11-12-20(21(27)14-18)22(29)31-5)15-28-23(30)32-16-17-9-7-6-8-10-17/h6-14H,15-16H2,1-5H3,(H,28,30). The number of ether oxygens (including phenoxy) is 2. The van der Waals surface area contributed by atoms with Crippen LogP contribution in [0.15, 0.2) is 54.0 Å². The number of amides is 1. The van der Waals surface area contributed by atoms with Crippen LogP contribution in [0.3, 0.4) is 0 Å². The zero-order valence-corrected chi connectivity index (χ0v) is 20.8. The van der Waals surface area contributed by atoms with Crippen molar-refractivity contribution in [2.75, 3.05) is 13.7 Å². The van der Waals surface area contributed by atoms with E-state index in [9.17, 15) is 9.59 Å². The molecule has 1 aliphatic heterocycles. The molecule has 9 heteroatoms. The fraction of sp³-hybridized carbons (Fsp3) is 0.360. The molecule has 1 fully saturated rings. The highest BCUT2D eigenvalue weighted by Gasteiger charge is 2.52. The molecule has 1 heterocycles. The Kier molecular flexibility index (Phi) is 8.07. The molecule has 0 aliphatic carbocycles. The highest BCUT2D eigenvalue weighted by Crippen LogP contribution is 2.38. The molecule has 0 radical (unpaired) electrons. The Morgan fingerprint density at radius 2 is 1.71 bits per heavy atom. The highest BCUT2D eigenvalue weighted by molar-refractivity contribution is 6.56. The van der Waals surface area contributed by atoms with Crippen LogP contribution in [-0.4, -0.2) is 44.0 Å². The average Bonchev–Trinajstić information content (AvgIpc) is 3.02. The molecule has 3 rings (SSSR count). The van der Waals surface area contributed by atoms with Crippen molar-refractivity contribution >= 4 is 36.9 Å². The van der Waals surface area contributed by atoms with Gasteiger partial charge in [-0.05, 0) is 56.4 Å². The number of hydrogen-bond acceptors (Lipinski definition) is 6. The number of alkyl carbamates (subject to hydrolysis) is 1. The van der Waals surface area contributed by atoms with E-state index in [-0.39, 0.29) is 23.7 Å². The lowest BCUT2D eigenvalue weighted by Crippen LogP contribution is -2.41. The second-order valence-electron chi connectivity index (χ2n) is 8.95. The summed E-state index contributed by atoms with van der Waals surface area (Å²) in [5.41, 5.74) is 1.41. The average molecular weight is 486 g/mol. The number of halogens is 1. The summed E-state index contributed by atoms with van der Waals surface area (Å²) in [5.74, 6) is -0.519. The zero-order valence-electron chi connectivity index (χ0n) is 20.0. The van der Waals surface area contributed by atoms with E-state index in [1.807, 2.05) is 64.1 Å². The van der Waals surface area contributed by atoms with Gasteiger partial charge in [0.1, 0.15) is 6.61 Å². The van der Waals surface area contributed by atoms with Crippen molar-refractivity contribution < 1.29 is 28.4 Å². The summed E-state index contributed by atoms with van der Waals surface area (Å²) in [5, 5.41) is 3.02. The van der Waals surface area contributed by atoms with Crippen molar-refractivity contribution in [2.45, 2.75) is 45.5 Å². The summed E-state index contributed by atoms with van der Waals surface area (Å²) in [6.07, 6.45) is 1.25. The van der Waals surface area contributed by atoms with E-state index < -0.39 is 30.4 Å². The number of esters is 1. The van der Waals surface area contributed by atoms with Crippen molar-refractivity contribution in [3.63, 3.8) is 0 Å². The molecule has 0 atom stereocenters. The lowest BCUT2D eigenvalue weighted by atomic mass is 9.77. The van der Waals surface area contributed by atoms with Crippen LogP contribution in [0.25, 0.3) is 6.08 Å². The molecule has 1 aliphatic rings. The van der Waals surface area contributed by atoms with Gasteiger partial charge >= 0.3 is 19.2 Å². The third kappa shape index (κ3) is 6.20. The van der Waals surface area contributed by atoms with Gasteiger partial charge in [-0.2, -0.15) is 0 Å². The SMILES string of the molecule is COC(=O)c1ccc(C=C(CNC(=O)OCc2ccccc2)B2OC(C)(C)C(C)(C)O2)cc1Cl. The Morgan fingerprint density at radius 3 is 2.29 bits per heavy atom. The first-order valence-electron chi connectivity index (χ1n) is 10.9. The lowest BCUT2D eigenvalue weighted by molar-refractivity contribution is 0.00578. The van der Waals surface area contributed by atoms with Crippen molar-refractivity contribution in [3.8, 4) is 0 Å². The Labute approximate surface area is 205 Å². The van der Waals surface area contributed by atoms with E-state index in [4.69, 9.17) is 30.4 Å². The molecule has 1 N–H and O–H groups in total. The maximum atomic E-state index is 12.3. The monoisotopic (exact) mass is 485 g/mol. The summed E-state index contributed by atoms with van der Waals surface area (Å²) in [7, 11) is 0.601. The van der Waals surface area contributed by atoms with Crippen LogP contribution >= 0.6 is 11.6 Å². The third-order valence-corrected chi connectivity index (χ3v) is 6.27. The van der Waals surface area contributed by atoms with Crippen molar-refractivity contribution in [3.05, 3.63) is 75.7 Å². The van der Waals surface area contributed by atoms with Crippen molar-refractivity contribution in [1.29, 1.82) is 0 Å². The van der Waals surface area contributed by atoms with E-state index in [0.717, 1.165) is 5.56 Å². The van der Waals surface area contributed by atoms with Gasteiger partial charge in [0.15, 0.2) is 0 Å². The maximum absolute atomic E-state index is 12.3. The topological polar surface area (TPSA) is 83.1 Å². The van der Waals surface area contributed by atoms with E-state index in [0.29, 0.717) is 11.0 Å².